The first-order valence-electron chi connectivity index (χ1n) is 8.11. The molecule has 1 aromatic heterocycles. The number of nitrogens with one attached hydrogen (secondary N) is 1. The number of carbonyl (C=O) groups excluding carboxylic acids is 1. The highest BCUT2D eigenvalue weighted by molar-refractivity contribution is 6.39. The maximum atomic E-state index is 12.4. The SMILES string of the molecule is N#CC(=Cc1ccc(-c2c(Cl)cccc2Cl)o1)C(=O)Nc1cccc([N+](=O)[O-])c1. The summed E-state index contributed by atoms with van der Waals surface area (Å²) in [5.74, 6) is -0.119. The standard InChI is InChI=1S/C20H11Cl2N3O4/c21-16-5-2-6-17(22)19(16)18-8-7-15(29-18)9-12(11-23)20(26)24-13-3-1-4-14(10-13)25(27)28/h1-10H,(H,24,26). The van der Waals surface area contributed by atoms with Crippen molar-refractivity contribution in [1.82, 2.24) is 0 Å². The molecule has 1 N–H and O–H groups in total. The average Bonchev–Trinajstić information content (AvgIpc) is 3.14. The van der Waals surface area contributed by atoms with E-state index >= 15 is 0 Å². The van der Waals surface area contributed by atoms with Crippen molar-refractivity contribution in [3.63, 3.8) is 0 Å². The van der Waals surface area contributed by atoms with Gasteiger partial charge in [0.05, 0.1) is 20.5 Å². The molecule has 9 heteroatoms. The van der Waals surface area contributed by atoms with Crippen LogP contribution in [0.3, 0.4) is 0 Å². The number of nitrogens with zero attached hydrogens (tertiary/aromatic N) is 2. The molecule has 29 heavy (non-hydrogen) atoms. The minimum Gasteiger partial charge on any atom is -0.457 e. The van der Waals surface area contributed by atoms with Gasteiger partial charge in [-0.2, -0.15) is 5.26 Å². The molecule has 0 aliphatic heterocycles. The van der Waals surface area contributed by atoms with Crippen molar-refractivity contribution in [3.8, 4) is 17.4 Å². The van der Waals surface area contributed by atoms with Crippen LogP contribution < -0.4 is 5.32 Å². The van der Waals surface area contributed by atoms with Crippen LogP contribution in [0.2, 0.25) is 10.0 Å². The van der Waals surface area contributed by atoms with Crippen molar-refractivity contribution in [1.29, 1.82) is 5.26 Å². The zero-order chi connectivity index (χ0) is 21.0. The number of rotatable bonds is 5. The highest BCUT2D eigenvalue weighted by atomic mass is 35.5. The number of hydrogen-bond donors (Lipinski definition) is 1. The summed E-state index contributed by atoms with van der Waals surface area (Å²) in [6.45, 7) is 0. The molecule has 1 amide bonds. The number of non-ortho nitro benzene ring substituents is 1. The molecular formula is C20H11Cl2N3O4. The number of nitro benzene ring substituents is 1. The largest absolute Gasteiger partial charge is 0.457 e. The molecule has 0 aliphatic carbocycles. The summed E-state index contributed by atoms with van der Waals surface area (Å²) in [4.78, 5) is 22.6. The molecule has 3 rings (SSSR count). The molecule has 2 aromatic carbocycles. The minimum atomic E-state index is -0.735. The molecule has 0 radical (unpaired) electrons. The third-order valence-corrected chi connectivity index (χ3v) is 4.43. The fraction of sp³-hybridized carbons (Fsp3) is 0. The maximum absolute atomic E-state index is 12.4. The van der Waals surface area contributed by atoms with Crippen LogP contribution in [0.15, 0.2) is 64.6 Å². The van der Waals surface area contributed by atoms with Gasteiger partial charge in [-0.25, -0.2) is 0 Å². The van der Waals surface area contributed by atoms with Gasteiger partial charge in [0, 0.05) is 23.9 Å². The fourth-order valence-electron chi connectivity index (χ4n) is 2.48. The summed E-state index contributed by atoms with van der Waals surface area (Å²) in [7, 11) is 0. The quantitative estimate of drug-likeness (QED) is 0.242. The molecule has 7 nitrogen and oxygen atoms in total. The lowest BCUT2D eigenvalue weighted by Crippen LogP contribution is -2.13. The number of anilines is 1. The van der Waals surface area contributed by atoms with Crippen molar-refractivity contribution < 1.29 is 14.1 Å². The van der Waals surface area contributed by atoms with E-state index in [1.165, 1.54) is 30.3 Å². The second-order valence-corrected chi connectivity index (χ2v) is 6.54. The normalized spacial score (nSPS) is 11.0. The first kappa shape index (κ1) is 20.1. The molecule has 1 heterocycles. The molecule has 0 aliphatic rings. The van der Waals surface area contributed by atoms with Gasteiger partial charge in [0.15, 0.2) is 0 Å². The molecule has 0 unspecified atom stereocenters. The third-order valence-electron chi connectivity index (χ3n) is 3.80. The highest BCUT2D eigenvalue weighted by Crippen LogP contribution is 2.35. The summed E-state index contributed by atoms with van der Waals surface area (Å²) in [6, 6.07) is 15.4. The molecule has 144 valence electrons. The Bertz CT molecular complexity index is 1160. The van der Waals surface area contributed by atoms with E-state index in [2.05, 4.69) is 5.32 Å². The van der Waals surface area contributed by atoms with Gasteiger partial charge in [0.25, 0.3) is 11.6 Å². The predicted molar refractivity (Wildman–Crippen MR) is 109 cm³/mol. The number of nitro groups is 1. The number of benzene rings is 2. The van der Waals surface area contributed by atoms with Crippen LogP contribution in [-0.4, -0.2) is 10.8 Å². The third kappa shape index (κ3) is 4.63. The maximum Gasteiger partial charge on any atom is 0.271 e. The van der Waals surface area contributed by atoms with E-state index in [0.29, 0.717) is 21.4 Å². The van der Waals surface area contributed by atoms with E-state index in [1.807, 2.05) is 0 Å². The van der Waals surface area contributed by atoms with Gasteiger partial charge in [-0.1, -0.05) is 35.3 Å². The van der Waals surface area contributed by atoms with E-state index in [4.69, 9.17) is 27.6 Å². The molecule has 0 saturated carbocycles. The summed E-state index contributed by atoms with van der Waals surface area (Å²) < 4.78 is 5.65. The predicted octanol–water partition coefficient (Wildman–Crippen LogP) is 5.71. The van der Waals surface area contributed by atoms with Crippen molar-refractivity contribution in [2.45, 2.75) is 0 Å². The Labute approximate surface area is 174 Å². The summed E-state index contributed by atoms with van der Waals surface area (Å²) >= 11 is 12.3. The van der Waals surface area contributed by atoms with Crippen LogP contribution in [-0.2, 0) is 4.79 Å². The number of amides is 1. The van der Waals surface area contributed by atoms with Gasteiger partial charge in [-0.05, 0) is 30.3 Å². The number of hydrogen-bond acceptors (Lipinski definition) is 5. The smallest absolute Gasteiger partial charge is 0.271 e. The van der Waals surface area contributed by atoms with Crippen molar-refractivity contribution in [2.24, 2.45) is 0 Å². The molecular weight excluding hydrogens is 417 g/mol. The first-order chi connectivity index (χ1) is 13.9. The second kappa shape index (κ2) is 8.61. The summed E-state index contributed by atoms with van der Waals surface area (Å²) in [6.07, 6.45) is 1.25. The summed E-state index contributed by atoms with van der Waals surface area (Å²) in [5.41, 5.74) is 0.253. The van der Waals surface area contributed by atoms with E-state index in [1.54, 1.807) is 36.4 Å². The van der Waals surface area contributed by atoms with Crippen LogP contribution in [0.4, 0.5) is 11.4 Å². The molecule has 0 fully saturated rings. The van der Waals surface area contributed by atoms with Gasteiger partial charge in [-0.15, -0.1) is 0 Å². The average molecular weight is 428 g/mol. The van der Waals surface area contributed by atoms with Crippen molar-refractivity contribution in [2.75, 3.05) is 5.32 Å². The van der Waals surface area contributed by atoms with Gasteiger partial charge >= 0.3 is 0 Å². The lowest BCUT2D eigenvalue weighted by atomic mass is 10.2. The number of halogens is 2. The molecule has 3 aromatic rings. The number of carbonyl (C=O) groups is 1. The lowest BCUT2D eigenvalue weighted by Gasteiger charge is -2.04. The summed E-state index contributed by atoms with van der Waals surface area (Å²) in [5, 5.41) is 23.4. The van der Waals surface area contributed by atoms with Gasteiger partial charge in [0.1, 0.15) is 23.2 Å². The fourth-order valence-corrected chi connectivity index (χ4v) is 3.07. The van der Waals surface area contributed by atoms with E-state index < -0.39 is 10.8 Å². The lowest BCUT2D eigenvalue weighted by molar-refractivity contribution is -0.384. The molecule has 0 saturated heterocycles. The highest BCUT2D eigenvalue weighted by Gasteiger charge is 2.15. The van der Waals surface area contributed by atoms with Crippen LogP contribution in [0.5, 0.6) is 0 Å². The monoisotopic (exact) mass is 427 g/mol. The van der Waals surface area contributed by atoms with Gasteiger partial charge in [-0.3, -0.25) is 14.9 Å². The second-order valence-electron chi connectivity index (χ2n) is 5.73. The van der Waals surface area contributed by atoms with E-state index in [-0.39, 0.29) is 22.7 Å². The number of nitriles is 1. The van der Waals surface area contributed by atoms with Crippen molar-refractivity contribution in [3.05, 3.63) is 86.1 Å². The Balaban J connectivity index is 1.84. The topological polar surface area (TPSA) is 109 Å². The Hall–Kier alpha value is -3.60. The molecule has 0 bridgehead atoms. The molecule has 0 atom stereocenters. The van der Waals surface area contributed by atoms with Gasteiger partial charge < -0.3 is 9.73 Å². The Morgan fingerprint density at radius 1 is 1.14 bits per heavy atom. The zero-order valence-electron chi connectivity index (χ0n) is 14.6. The zero-order valence-corrected chi connectivity index (χ0v) is 16.1. The van der Waals surface area contributed by atoms with Crippen LogP contribution >= 0.6 is 23.2 Å². The Kier molecular flexibility index (Phi) is 5.98. The first-order valence-corrected chi connectivity index (χ1v) is 8.86. The molecule has 0 spiro atoms. The van der Waals surface area contributed by atoms with Crippen LogP contribution in [0, 0.1) is 21.4 Å². The Morgan fingerprint density at radius 3 is 2.48 bits per heavy atom. The Morgan fingerprint density at radius 2 is 1.83 bits per heavy atom. The number of furan rings is 1. The van der Waals surface area contributed by atoms with E-state index in [0.717, 1.165) is 0 Å². The van der Waals surface area contributed by atoms with E-state index in [9.17, 15) is 20.2 Å². The minimum absolute atomic E-state index is 0.183. The van der Waals surface area contributed by atoms with Crippen molar-refractivity contribution >= 4 is 46.6 Å². The van der Waals surface area contributed by atoms with Gasteiger partial charge in [0.2, 0.25) is 0 Å². The van der Waals surface area contributed by atoms with Crippen LogP contribution in [0.25, 0.3) is 17.4 Å². The van der Waals surface area contributed by atoms with Crippen LogP contribution in [0.1, 0.15) is 5.76 Å².